The average Bonchev–Trinajstić information content (AvgIpc) is 2.88. The van der Waals surface area contributed by atoms with E-state index >= 15 is 0 Å². The number of amides is 3. The zero-order valence-corrected chi connectivity index (χ0v) is 15.6. The highest BCUT2D eigenvalue weighted by Crippen LogP contribution is 2.28. The van der Waals surface area contributed by atoms with E-state index in [-0.39, 0.29) is 19.8 Å². The molecule has 2 atom stereocenters. The second-order valence-corrected chi connectivity index (χ2v) is 7.00. The van der Waals surface area contributed by atoms with Crippen LogP contribution < -0.4 is 5.32 Å². The van der Waals surface area contributed by atoms with Gasteiger partial charge in [-0.3, -0.25) is 9.69 Å². The number of ether oxygens (including phenoxy) is 1. The van der Waals surface area contributed by atoms with Gasteiger partial charge in [-0.1, -0.05) is 60.1 Å². The van der Waals surface area contributed by atoms with Gasteiger partial charge in [0.15, 0.2) is 0 Å². The van der Waals surface area contributed by atoms with E-state index in [1.165, 1.54) is 0 Å². The number of nitrogens with one attached hydrogen (secondary N) is 1. The number of hydrogen-bond acceptors (Lipinski definition) is 4. The van der Waals surface area contributed by atoms with E-state index in [1.807, 2.05) is 24.3 Å². The van der Waals surface area contributed by atoms with Crippen molar-refractivity contribution in [1.29, 1.82) is 0 Å². The first-order valence-electron chi connectivity index (χ1n) is 8.60. The van der Waals surface area contributed by atoms with Crippen LogP contribution in [0.4, 0.5) is 4.79 Å². The maximum absolute atomic E-state index is 12.8. The molecule has 1 aliphatic heterocycles. The molecule has 0 unspecified atom stereocenters. The van der Waals surface area contributed by atoms with Crippen LogP contribution in [-0.2, 0) is 21.7 Å². The Morgan fingerprint density at radius 1 is 1.15 bits per heavy atom. The van der Waals surface area contributed by atoms with Gasteiger partial charge in [-0.05, 0) is 24.1 Å². The Labute approximate surface area is 162 Å². The van der Waals surface area contributed by atoms with Gasteiger partial charge < -0.3 is 15.2 Å². The zero-order valence-electron chi connectivity index (χ0n) is 14.9. The summed E-state index contributed by atoms with van der Waals surface area (Å²) in [6, 6.07) is 15.7. The lowest BCUT2D eigenvalue weighted by Crippen LogP contribution is -2.42. The molecule has 27 heavy (non-hydrogen) atoms. The molecule has 1 fully saturated rings. The predicted octanol–water partition coefficient (Wildman–Crippen LogP) is 2.68. The van der Waals surface area contributed by atoms with Gasteiger partial charge in [0.1, 0.15) is 5.54 Å². The topological polar surface area (TPSA) is 78.9 Å². The molecule has 0 aliphatic carbocycles. The highest BCUT2D eigenvalue weighted by molar-refractivity contribution is 6.31. The second-order valence-electron chi connectivity index (χ2n) is 6.60. The number of rotatable bonds is 7. The van der Waals surface area contributed by atoms with Crippen LogP contribution in [0.15, 0.2) is 54.6 Å². The number of benzene rings is 2. The number of β-amino-alcohol motifs (C(OH)–C–C–N with tert-alkyl or cyclic N) is 1. The van der Waals surface area contributed by atoms with E-state index in [0.717, 1.165) is 10.5 Å². The highest BCUT2D eigenvalue weighted by Gasteiger charge is 2.49. The van der Waals surface area contributed by atoms with Gasteiger partial charge in [0, 0.05) is 5.02 Å². The number of aliphatic hydroxyl groups excluding tert-OH is 1. The molecular formula is C20H21ClN2O4. The summed E-state index contributed by atoms with van der Waals surface area (Å²) < 4.78 is 5.48. The molecule has 2 N–H and O–H groups in total. The molecule has 0 aromatic heterocycles. The third kappa shape index (κ3) is 4.13. The number of aliphatic hydroxyl groups is 1. The Balaban J connectivity index is 1.58. The van der Waals surface area contributed by atoms with Crippen molar-refractivity contribution in [3.63, 3.8) is 0 Å². The molecule has 0 bridgehead atoms. The molecule has 7 heteroatoms. The minimum atomic E-state index is -1.14. The van der Waals surface area contributed by atoms with E-state index in [2.05, 4.69) is 5.32 Å². The highest BCUT2D eigenvalue weighted by atomic mass is 35.5. The van der Waals surface area contributed by atoms with Crippen molar-refractivity contribution in [1.82, 2.24) is 10.2 Å². The largest absolute Gasteiger partial charge is 0.389 e. The maximum atomic E-state index is 12.8. The summed E-state index contributed by atoms with van der Waals surface area (Å²) in [5.74, 6) is -0.399. The Morgan fingerprint density at radius 3 is 2.52 bits per heavy atom. The fourth-order valence-electron chi connectivity index (χ4n) is 3.01. The standard InChI is InChI=1S/C20H21ClN2O4/c1-20(15-8-3-2-4-9-15)18(25)23(19(26)22-20)11-16(24)13-27-12-14-7-5-6-10-17(14)21/h2-10,16,24H,11-13H2,1H3,(H,22,26)/t16-,20-/m0/s1. The van der Waals surface area contributed by atoms with Crippen LogP contribution in [-0.4, -0.2) is 41.2 Å². The molecule has 3 amide bonds. The molecule has 3 rings (SSSR count). The third-order valence-electron chi connectivity index (χ3n) is 4.55. The molecule has 1 saturated heterocycles. The first kappa shape index (κ1) is 19.4. The average molecular weight is 389 g/mol. The molecule has 2 aromatic rings. The third-order valence-corrected chi connectivity index (χ3v) is 4.91. The summed E-state index contributed by atoms with van der Waals surface area (Å²) in [4.78, 5) is 26.1. The van der Waals surface area contributed by atoms with Crippen molar-refractivity contribution in [2.75, 3.05) is 13.2 Å². The fraction of sp³-hybridized carbons (Fsp3) is 0.300. The SMILES string of the molecule is C[C@@]1(c2ccccc2)NC(=O)N(C[C@H](O)COCc2ccccc2Cl)C1=O. The van der Waals surface area contributed by atoms with Gasteiger partial charge in [-0.2, -0.15) is 0 Å². The number of carbonyl (C=O) groups excluding carboxylic acids is 2. The van der Waals surface area contributed by atoms with Gasteiger partial charge in [0.05, 0.1) is 25.9 Å². The summed E-state index contributed by atoms with van der Waals surface area (Å²) in [5.41, 5.74) is 0.351. The summed E-state index contributed by atoms with van der Waals surface area (Å²) in [7, 11) is 0. The Hall–Kier alpha value is -2.41. The van der Waals surface area contributed by atoms with Crippen molar-refractivity contribution in [3.05, 3.63) is 70.7 Å². The summed E-state index contributed by atoms with van der Waals surface area (Å²) >= 11 is 6.06. The van der Waals surface area contributed by atoms with E-state index in [1.54, 1.807) is 37.3 Å². The van der Waals surface area contributed by atoms with Crippen LogP contribution in [0.2, 0.25) is 5.02 Å². The molecular weight excluding hydrogens is 368 g/mol. The van der Waals surface area contributed by atoms with Crippen LogP contribution >= 0.6 is 11.6 Å². The number of carbonyl (C=O) groups is 2. The lowest BCUT2D eigenvalue weighted by molar-refractivity contribution is -0.132. The Morgan fingerprint density at radius 2 is 1.81 bits per heavy atom. The number of imide groups is 1. The number of hydrogen-bond donors (Lipinski definition) is 2. The number of halogens is 1. The van der Waals surface area contributed by atoms with Crippen LogP contribution in [0.25, 0.3) is 0 Å². The lowest BCUT2D eigenvalue weighted by atomic mass is 9.92. The predicted molar refractivity (Wildman–Crippen MR) is 101 cm³/mol. The zero-order chi connectivity index (χ0) is 19.4. The molecule has 2 aromatic carbocycles. The van der Waals surface area contributed by atoms with Crippen molar-refractivity contribution >= 4 is 23.5 Å². The van der Waals surface area contributed by atoms with Crippen molar-refractivity contribution in [2.45, 2.75) is 25.2 Å². The van der Waals surface area contributed by atoms with Crippen molar-refractivity contribution in [2.24, 2.45) is 0 Å². The molecule has 6 nitrogen and oxygen atoms in total. The monoisotopic (exact) mass is 388 g/mol. The molecule has 0 saturated carbocycles. The Bertz CT molecular complexity index is 830. The van der Waals surface area contributed by atoms with E-state index in [4.69, 9.17) is 16.3 Å². The molecule has 1 aliphatic rings. The van der Waals surface area contributed by atoms with Gasteiger partial charge in [-0.25, -0.2) is 4.79 Å². The molecule has 0 radical (unpaired) electrons. The smallest absolute Gasteiger partial charge is 0.325 e. The van der Waals surface area contributed by atoms with Crippen molar-refractivity contribution in [3.8, 4) is 0 Å². The summed E-state index contributed by atoms with van der Waals surface area (Å²) in [5, 5.41) is 13.5. The van der Waals surface area contributed by atoms with Crippen LogP contribution in [0.1, 0.15) is 18.1 Å². The minimum Gasteiger partial charge on any atom is -0.389 e. The molecule has 1 heterocycles. The number of urea groups is 1. The number of nitrogens with zero attached hydrogens (tertiary/aromatic N) is 1. The molecule has 142 valence electrons. The van der Waals surface area contributed by atoms with Crippen LogP contribution in [0, 0.1) is 0 Å². The first-order valence-corrected chi connectivity index (χ1v) is 8.98. The van der Waals surface area contributed by atoms with Crippen LogP contribution in [0.3, 0.4) is 0 Å². The first-order chi connectivity index (χ1) is 12.9. The minimum absolute atomic E-state index is 0.0235. The second kappa shape index (κ2) is 8.08. The van der Waals surface area contributed by atoms with Gasteiger partial charge in [0.2, 0.25) is 0 Å². The van der Waals surface area contributed by atoms with Crippen molar-refractivity contribution < 1.29 is 19.4 Å². The summed E-state index contributed by atoms with van der Waals surface area (Å²) in [6.07, 6.45) is -1.000. The maximum Gasteiger partial charge on any atom is 0.325 e. The summed E-state index contributed by atoms with van der Waals surface area (Å²) in [6.45, 7) is 1.72. The lowest BCUT2D eigenvalue weighted by Gasteiger charge is -2.23. The van der Waals surface area contributed by atoms with E-state index in [0.29, 0.717) is 10.6 Å². The normalized spacial score (nSPS) is 20.6. The van der Waals surface area contributed by atoms with E-state index < -0.39 is 23.6 Å². The van der Waals surface area contributed by atoms with Crippen LogP contribution in [0.5, 0.6) is 0 Å². The van der Waals surface area contributed by atoms with E-state index in [9.17, 15) is 14.7 Å². The molecule has 0 spiro atoms. The van der Waals surface area contributed by atoms with Gasteiger partial charge in [-0.15, -0.1) is 0 Å². The van der Waals surface area contributed by atoms with Gasteiger partial charge >= 0.3 is 6.03 Å². The quantitative estimate of drug-likeness (QED) is 0.715. The fourth-order valence-corrected chi connectivity index (χ4v) is 3.20. The Kier molecular flexibility index (Phi) is 5.79. The van der Waals surface area contributed by atoms with Gasteiger partial charge in [0.25, 0.3) is 5.91 Å².